The summed E-state index contributed by atoms with van der Waals surface area (Å²) in [4.78, 5) is 11.2. The van der Waals surface area contributed by atoms with Crippen molar-refractivity contribution in [2.45, 2.75) is 40.4 Å². The van der Waals surface area contributed by atoms with E-state index >= 15 is 0 Å². The van der Waals surface area contributed by atoms with E-state index in [-0.39, 0.29) is 11.9 Å². The fraction of sp³-hybridized carbons (Fsp3) is 0.727. The Bertz CT molecular complexity index is 199. The highest BCUT2D eigenvalue weighted by molar-refractivity contribution is 5.87. The van der Waals surface area contributed by atoms with Gasteiger partial charge in [-0.2, -0.15) is 0 Å². The van der Waals surface area contributed by atoms with Crippen molar-refractivity contribution in [3.8, 4) is 0 Å². The normalized spacial score (nSPS) is 14.6. The minimum atomic E-state index is -0.450. The summed E-state index contributed by atoms with van der Waals surface area (Å²) in [6.07, 6.45) is 0.461. The van der Waals surface area contributed by atoms with Gasteiger partial charge in [0.15, 0.2) is 0 Å². The maximum Gasteiger partial charge on any atom is 0.335 e. The summed E-state index contributed by atoms with van der Waals surface area (Å²) in [6.45, 7) is 11.6. The second-order valence-corrected chi connectivity index (χ2v) is 3.39. The van der Waals surface area contributed by atoms with E-state index in [4.69, 9.17) is 9.47 Å². The van der Waals surface area contributed by atoms with Crippen molar-refractivity contribution in [1.29, 1.82) is 0 Å². The van der Waals surface area contributed by atoms with Crippen molar-refractivity contribution in [2.75, 3.05) is 6.61 Å². The van der Waals surface area contributed by atoms with Gasteiger partial charge in [0.2, 0.25) is 6.29 Å². The Hall–Kier alpha value is -0.830. The molecule has 0 saturated carbocycles. The van der Waals surface area contributed by atoms with E-state index < -0.39 is 6.29 Å². The molecule has 2 unspecified atom stereocenters. The van der Waals surface area contributed by atoms with E-state index in [1.807, 2.05) is 20.8 Å². The molecule has 0 aromatic carbocycles. The van der Waals surface area contributed by atoms with Crippen LogP contribution in [0.5, 0.6) is 0 Å². The minimum absolute atomic E-state index is 0.207. The molecular formula is C11H20O3. The Morgan fingerprint density at radius 3 is 2.36 bits per heavy atom. The maximum absolute atomic E-state index is 11.2. The summed E-state index contributed by atoms with van der Waals surface area (Å²) in [5, 5.41) is 0. The molecule has 0 rings (SSSR count). The smallest absolute Gasteiger partial charge is 0.335 e. The minimum Gasteiger partial charge on any atom is -0.432 e. The summed E-state index contributed by atoms with van der Waals surface area (Å²) in [5.41, 5.74) is 0.401. The van der Waals surface area contributed by atoms with Gasteiger partial charge < -0.3 is 9.47 Å². The van der Waals surface area contributed by atoms with Crippen LogP contribution in [0.2, 0.25) is 0 Å². The van der Waals surface area contributed by atoms with Crippen LogP contribution in [0.4, 0.5) is 0 Å². The fourth-order valence-corrected chi connectivity index (χ4v) is 0.877. The molecule has 0 aliphatic rings. The van der Waals surface area contributed by atoms with Crippen LogP contribution in [0, 0.1) is 5.92 Å². The molecule has 82 valence electrons. The van der Waals surface area contributed by atoms with Gasteiger partial charge >= 0.3 is 5.97 Å². The zero-order valence-electron chi connectivity index (χ0n) is 9.50. The summed E-state index contributed by atoms with van der Waals surface area (Å²) in [7, 11) is 0. The van der Waals surface area contributed by atoms with Crippen molar-refractivity contribution < 1.29 is 14.3 Å². The lowest BCUT2D eigenvalue weighted by atomic mass is 10.1. The Morgan fingerprint density at radius 2 is 2.00 bits per heavy atom. The monoisotopic (exact) mass is 200 g/mol. The molecule has 0 fully saturated rings. The van der Waals surface area contributed by atoms with Gasteiger partial charge in [0, 0.05) is 18.1 Å². The topological polar surface area (TPSA) is 35.5 Å². The molecule has 0 spiro atoms. The van der Waals surface area contributed by atoms with Crippen molar-refractivity contribution >= 4 is 5.97 Å². The number of rotatable bonds is 6. The summed E-state index contributed by atoms with van der Waals surface area (Å²) in [5.74, 6) is -0.179. The average molecular weight is 200 g/mol. The van der Waals surface area contributed by atoms with Crippen molar-refractivity contribution in [3.05, 3.63) is 12.2 Å². The van der Waals surface area contributed by atoms with Crippen molar-refractivity contribution in [3.63, 3.8) is 0 Å². The van der Waals surface area contributed by atoms with Crippen LogP contribution in [0.3, 0.4) is 0 Å². The SMILES string of the molecule is C=C(C)C(=O)OC(OCC)C(C)CC. The summed E-state index contributed by atoms with van der Waals surface area (Å²) in [6, 6.07) is 0. The molecule has 0 aromatic heterocycles. The Balaban J connectivity index is 4.21. The molecule has 0 radical (unpaired) electrons. The first-order chi connectivity index (χ1) is 6.52. The number of ether oxygens (including phenoxy) is 2. The molecule has 0 bridgehead atoms. The maximum atomic E-state index is 11.2. The number of esters is 1. The largest absolute Gasteiger partial charge is 0.432 e. The first-order valence-corrected chi connectivity index (χ1v) is 5.01. The average Bonchev–Trinajstić information content (AvgIpc) is 2.15. The van der Waals surface area contributed by atoms with E-state index in [0.717, 1.165) is 6.42 Å². The molecule has 0 aliphatic heterocycles. The zero-order valence-corrected chi connectivity index (χ0v) is 9.50. The van der Waals surface area contributed by atoms with Gasteiger partial charge in [-0.3, -0.25) is 0 Å². The molecule has 2 atom stereocenters. The van der Waals surface area contributed by atoms with E-state index in [9.17, 15) is 4.79 Å². The molecule has 0 aliphatic carbocycles. The van der Waals surface area contributed by atoms with Gasteiger partial charge in [0.1, 0.15) is 0 Å². The van der Waals surface area contributed by atoms with E-state index in [2.05, 4.69) is 6.58 Å². The van der Waals surface area contributed by atoms with Crippen molar-refractivity contribution in [2.24, 2.45) is 5.92 Å². The lowest BCUT2D eigenvalue weighted by Crippen LogP contribution is -2.28. The van der Waals surface area contributed by atoms with Crippen LogP contribution in [0.1, 0.15) is 34.1 Å². The van der Waals surface area contributed by atoms with Crippen LogP contribution in [-0.4, -0.2) is 18.9 Å². The quantitative estimate of drug-likeness (QED) is 0.375. The second-order valence-electron chi connectivity index (χ2n) is 3.39. The molecule has 14 heavy (non-hydrogen) atoms. The zero-order chi connectivity index (χ0) is 11.1. The number of hydrogen-bond donors (Lipinski definition) is 0. The lowest BCUT2D eigenvalue weighted by molar-refractivity contribution is -0.184. The van der Waals surface area contributed by atoms with Crippen LogP contribution in [0.15, 0.2) is 12.2 Å². The van der Waals surface area contributed by atoms with Gasteiger partial charge in [0.05, 0.1) is 0 Å². The first-order valence-electron chi connectivity index (χ1n) is 5.01. The molecule has 0 saturated heterocycles. The highest BCUT2D eigenvalue weighted by Gasteiger charge is 2.20. The number of carbonyl (C=O) groups excluding carboxylic acids is 1. The van der Waals surface area contributed by atoms with Crippen molar-refractivity contribution in [1.82, 2.24) is 0 Å². The lowest BCUT2D eigenvalue weighted by Gasteiger charge is -2.22. The van der Waals surface area contributed by atoms with Gasteiger partial charge in [-0.15, -0.1) is 0 Å². The van der Waals surface area contributed by atoms with E-state index in [0.29, 0.717) is 12.2 Å². The second kappa shape index (κ2) is 6.60. The van der Waals surface area contributed by atoms with Gasteiger partial charge in [-0.05, 0) is 20.3 Å². The van der Waals surface area contributed by atoms with Crippen LogP contribution in [-0.2, 0) is 14.3 Å². The van der Waals surface area contributed by atoms with Crippen LogP contribution < -0.4 is 0 Å². The standard InChI is InChI=1S/C11H20O3/c1-6-9(5)11(13-7-2)14-10(12)8(3)4/h9,11H,3,6-7H2,1-2,4-5H3. The van der Waals surface area contributed by atoms with E-state index in [1.54, 1.807) is 6.92 Å². The third-order valence-corrected chi connectivity index (χ3v) is 2.01. The molecule has 0 aromatic rings. The number of hydrogen-bond acceptors (Lipinski definition) is 3. The predicted octanol–water partition coefficient (Wildman–Crippen LogP) is 2.51. The molecule has 3 nitrogen and oxygen atoms in total. The first kappa shape index (κ1) is 13.2. The fourth-order valence-electron chi connectivity index (χ4n) is 0.877. The highest BCUT2D eigenvalue weighted by Crippen LogP contribution is 2.14. The third kappa shape index (κ3) is 4.42. The van der Waals surface area contributed by atoms with Crippen LogP contribution in [0.25, 0.3) is 0 Å². The Labute approximate surface area is 86.1 Å². The predicted molar refractivity (Wildman–Crippen MR) is 55.8 cm³/mol. The van der Waals surface area contributed by atoms with E-state index in [1.165, 1.54) is 0 Å². The Morgan fingerprint density at radius 1 is 1.43 bits per heavy atom. The molecule has 3 heteroatoms. The number of carbonyl (C=O) groups is 1. The molecule has 0 amide bonds. The van der Waals surface area contributed by atoms with Gasteiger partial charge in [0.25, 0.3) is 0 Å². The molecule has 0 N–H and O–H groups in total. The van der Waals surface area contributed by atoms with Crippen LogP contribution >= 0.6 is 0 Å². The molecular weight excluding hydrogens is 180 g/mol. The summed E-state index contributed by atoms with van der Waals surface area (Å²) >= 11 is 0. The Kier molecular flexibility index (Phi) is 6.21. The molecule has 0 heterocycles. The summed E-state index contributed by atoms with van der Waals surface area (Å²) < 4.78 is 10.5. The van der Waals surface area contributed by atoms with Gasteiger partial charge in [-0.1, -0.05) is 20.4 Å². The third-order valence-electron chi connectivity index (χ3n) is 2.01. The highest BCUT2D eigenvalue weighted by atomic mass is 16.7. The van der Waals surface area contributed by atoms with Gasteiger partial charge in [-0.25, -0.2) is 4.79 Å².